The minimum absolute atomic E-state index is 0.0162. The lowest BCUT2D eigenvalue weighted by Gasteiger charge is -2.20. The number of aliphatic hydroxyl groups is 2. The van der Waals surface area contributed by atoms with Crippen molar-refractivity contribution < 1.29 is 34.2 Å². The van der Waals surface area contributed by atoms with E-state index in [2.05, 4.69) is 33.0 Å². The lowest BCUT2D eigenvalue weighted by Crippen LogP contribution is -2.51. The number of carbonyl (C=O) groups is 3. The Hall–Kier alpha value is -2.77. The minimum atomic E-state index is -1.54. The molecule has 0 unspecified atom stereocenters. The number of carbonyl (C=O) groups excluding carboxylic acids is 2. The number of aliphatic carboxylic acids is 1. The van der Waals surface area contributed by atoms with Crippen molar-refractivity contribution in [2.45, 2.75) is 76.6 Å². The fourth-order valence-electron chi connectivity index (χ4n) is 2.75. The Morgan fingerprint density at radius 3 is 2.50 bits per heavy atom. The number of aromatic nitrogens is 2. The first-order valence-electron chi connectivity index (χ1n) is 10.6. The van der Waals surface area contributed by atoms with E-state index >= 15 is 0 Å². The maximum atomic E-state index is 12.3. The number of aliphatic hydroxyl groups excluding tert-OH is 2. The predicted octanol–water partition coefficient (Wildman–Crippen LogP) is -0.287. The van der Waals surface area contributed by atoms with E-state index in [4.69, 9.17) is 20.5 Å². The highest BCUT2D eigenvalue weighted by Gasteiger charge is 2.28. The van der Waals surface area contributed by atoms with Crippen molar-refractivity contribution in [1.29, 1.82) is 0 Å². The monoisotopic (exact) mass is 458 g/mol. The Balaban J connectivity index is 2.78. The van der Waals surface area contributed by atoms with E-state index in [1.54, 1.807) is 0 Å². The quantitative estimate of drug-likeness (QED) is 0.171. The summed E-state index contributed by atoms with van der Waals surface area (Å²) in [5, 5.41) is 38.9. The van der Waals surface area contributed by atoms with E-state index in [1.807, 2.05) is 0 Å². The van der Waals surface area contributed by atoms with Crippen LogP contribution in [0, 0.1) is 0 Å². The van der Waals surface area contributed by atoms with Crippen LogP contribution in [-0.4, -0.2) is 68.7 Å². The summed E-state index contributed by atoms with van der Waals surface area (Å²) in [6.45, 7) is 3.44. The van der Waals surface area contributed by atoms with Crippen LogP contribution < -0.4 is 21.7 Å². The van der Waals surface area contributed by atoms with Crippen molar-refractivity contribution in [1.82, 2.24) is 26.1 Å². The average Bonchev–Trinajstić information content (AvgIpc) is 3.23. The normalized spacial score (nSPS) is 14.8. The molecule has 13 heteroatoms. The summed E-state index contributed by atoms with van der Waals surface area (Å²) in [6, 6.07) is -4.27. The zero-order valence-corrected chi connectivity index (χ0v) is 18.4. The van der Waals surface area contributed by atoms with Crippen LogP contribution in [0.1, 0.15) is 76.2 Å². The van der Waals surface area contributed by atoms with E-state index in [-0.39, 0.29) is 30.5 Å². The highest BCUT2D eigenvalue weighted by Crippen LogP contribution is 2.18. The van der Waals surface area contributed by atoms with E-state index in [0.29, 0.717) is 6.54 Å². The molecule has 0 saturated heterocycles. The van der Waals surface area contributed by atoms with Crippen LogP contribution >= 0.6 is 0 Å². The third-order valence-electron chi connectivity index (χ3n) is 4.64. The van der Waals surface area contributed by atoms with Crippen LogP contribution in [-0.2, 0) is 9.59 Å². The highest BCUT2D eigenvalue weighted by atomic mass is 16.5. The van der Waals surface area contributed by atoms with Crippen molar-refractivity contribution >= 4 is 17.9 Å². The molecule has 0 saturated carbocycles. The summed E-state index contributed by atoms with van der Waals surface area (Å²) in [6.07, 6.45) is 2.84. The van der Waals surface area contributed by atoms with Gasteiger partial charge in [-0.15, -0.1) is 0 Å². The maximum absolute atomic E-state index is 12.3. The Morgan fingerprint density at radius 2 is 1.91 bits per heavy atom. The van der Waals surface area contributed by atoms with Gasteiger partial charge in [-0.1, -0.05) is 31.3 Å². The SMILES string of the molecule is CCCCCCNC(=O)CC[C@@H](NC(=O)N[C@H](C(=O)O)[C@@H](C)O)c1nc([C@@H](N)CO)no1. The Morgan fingerprint density at radius 1 is 1.19 bits per heavy atom. The number of hydrogen-bond donors (Lipinski definition) is 7. The molecule has 1 heterocycles. The van der Waals surface area contributed by atoms with Crippen molar-refractivity contribution in [2.75, 3.05) is 13.2 Å². The molecule has 0 aliphatic rings. The first kappa shape index (κ1) is 27.3. The van der Waals surface area contributed by atoms with Crippen molar-refractivity contribution in [2.24, 2.45) is 5.73 Å². The molecular weight excluding hydrogens is 424 g/mol. The van der Waals surface area contributed by atoms with Gasteiger partial charge < -0.3 is 41.5 Å². The molecule has 13 nitrogen and oxygen atoms in total. The summed E-state index contributed by atoms with van der Waals surface area (Å²) in [7, 11) is 0. The molecular formula is C19H34N6O7. The number of rotatable bonds is 15. The minimum Gasteiger partial charge on any atom is -0.480 e. The van der Waals surface area contributed by atoms with Gasteiger partial charge in [-0.25, -0.2) is 9.59 Å². The second-order valence-electron chi connectivity index (χ2n) is 7.46. The molecule has 0 spiro atoms. The summed E-state index contributed by atoms with van der Waals surface area (Å²) in [5.41, 5.74) is 5.66. The first-order valence-corrected chi connectivity index (χ1v) is 10.6. The van der Waals surface area contributed by atoms with E-state index < -0.39 is 42.8 Å². The molecule has 8 N–H and O–H groups in total. The Bertz CT molecular complexity index is 727. The maximum Gasteiger partial charge on any atom is 0.328 e. The number of carboxylic acid groups (broad SMARTS) is 1. The van der Waals surface area contributed by atoms with Gasteiger partial charge in [0, 0.05) is 13.0 Å². The van der Waals surface area contributed by atoms with Gasteiger partial charge in [0.15, 0.2) is 11.9 Å². The topological polar surface area (TPSA) is 213 Å². The molecule has 4 atom stereocenters. The van der Waals surface area contributed by atoms with Crippen LogP contribution in [0.25, 0.3) is 0 Å². The third-order valence-corrected chi connectivity index (χ3v) is 4.64. The molecule has 0 aliphatic heterocycles. The lowest BCUT2D eigenvalue weighted by atomic mass is 10.1. The van der Waals surface area contributed by atoms with Gasteiger partial charge in [-0.2, -0.15) is 4.98 Å². The van der Waals surface area contributed by atoms with Crippen LogP contribution in [0.5, 0.6) is 0 Å². The number of carboxylic acids is 1. The third kappa shape index (κ3) is 9.58. The van der Waals surface area contributed by atoms with Crippen LogP contribution in [0.4, 0.5) is 4.79 Å². The van der Waals surface area contributed by atoms with Gasteiger partial charge >= 0.3 is 12.0 Å². The summed E-state index contributed by atoms with van der Waals surface area (Å²) < 4.78 is 5.12. The number of urea groups is 1. The van der Waals surface area contributed by atoms with Gasteiger partial charge in [0.2, 0.25) is 11.8 Å². The van der Waals surface area contributed by atoms with Crippen molar-refractivity contribution in [3.63, 3.8) is 0 Å². The van der Waals surface area contributed by atoms with Gasteiger partial charge in [0.1, 0.15) is 6.04 Å². The number of hydrogen-bond acceptors (Lipinski definition) is 9. The molecule has 0 fully saturated rings. The van der Waals surface area contributed by atoms with Crippen LogP contribution in [0.3, 0.4) is 0 Å². The van der Waals surface area contributed by atoms with Gasteiger partial charge in [0.05, 0.1) is 18.8 Å². The number of nitrogens with zero attached hydrogens (tertiary/aromatic N) is 2. The molecule has 1 aromatic heterocycles. The molecule has 0 bridgehead atoms. The van der Waals surface area contributed by atoms with Gasteiger partial charge in [-0.3, -0.25) is 4.79 Å². The van der Waals surface area contributed by atoms with E-state index in [1.165, 1.54) is 6.92 Å². The average molecular weight is 459 g/mol. The fraction of sp³-hybridized carbons (Fsp3) is 0.737. The molecule has 0 radical (unpaired) electrons. The second kappa shape index (κ2) is 14.3. The lowest BCUT2D eigenvalue weighted by molar-refractivity contribution is -0.141. The van der Waals surface area contributed by atoms with E-state index in [0.717, 1.165) is 25.7 Å². The summed E-state index contributed by atoms with van der Waals surface area (Å²) in [5.74, 6) is -1.68. The van der Waals surface area contributed by atoms with Crippen molar-refractivity contribution in [3.05, 3.63) is 11.7 Å². The molecule has 32 heavy (non-hydrogen) atoms. The Labute approximate surface area is 186 Å². The van der Waals surface area contributed by atoms with Crippen LogP contribution in [0.15, 0.2) is 4.52 Å². The number of nitrogens with one attached hydrogen (secondary N) is 3. The standard InChI is InChI=1S/C19H34N6O7/c1-3-4-5-6-9-21-14(28)8-7-13(17-24-16(25-32-17)12(20)10-26)22-19(31)23-15(11(2)27)18(29)30/h11-13,15,26-27H,3-10,20H2,1-2H3,(H,21,28)(H,29,30)(H2,22,23,31)/t11-,12+,13-,15+/m1/s1. The van der Waals surface area contributed by atoms with Gasteiger partial charge in [0.25, 0.3) is 0 Å². The zero-order valence-electron chi connectivity index (χ0n) is 18.4. The summed E-state index contributed by atoms with van der Waals surface area (Å²) in [4.78, 5) is 39.7. The van der Waals surface area contributed by atoms with Crippen LogP contribution in [0.2, 0.25) is 0 Å². The zero-order chi connectivity index (χ0) is 24.1. The molecule has 1 rings (SSSR count). The fourth-order valence-corrected chi connectivity index (χ4v) is 2.75. The molecule has 0 aromatic carbocycles. The van der Waals surface area contributed by atoms with E-state index in [9.17, 15) is 19.5 Å². The number of amides is 3. The molecule has 1 aromatic rings. The second-order valence-corrected chi connectivity index (χ2v) is 7.46. The molecule has 182 valence electrons. The number of nitrogens with two attached hydrogens (primary N) is 1. The Kier molecular flexibility index (Phi) is 12.2. The van der Waals surface area contributed by atoms with Gasteiger partial charge in [-0.05, 0) is 19.8 Å². The summed E-state index contributed by atoms with van der Waals surface area (Å²) >= 11 is 0. The predicted molar refractivity (Wildman–Crippen MR) is 112 cm³/mol. The smallest absolute Gasteiger partial charge is 0.328 e. The first-order chi connectivity index (χ1) is 15.2. The molecule has 0 aliphatic carbocycles. The van der Waals surface area contributed by atoms with Crippen molar-refractivity contribution in [3.8, 4) is 0 Å². The molecule has 3 amide bonds. The highest BCUT2D eigenvalue weighted by molar-refractivity contribution is 5.83. The number of unbranched alkanes of at least 4 members (excludes halogenated alkanes) is 3. The largest absolute Gasteiger partial charge is 0.480 e.